The molecule has 1 aromatic carbocycles. The van der Waals surface area contributed by atoms with E-state index in [0.29, 0.717) is 5.69 Å². The second kappa shape index (κ2) is 8.55. The standard InChI is InChI=1S/C17H20BrN3O3S/c1-12(2)16(17(22)20-11-14-5-3-4-10-19-14)21-25(23,24)15-8-6-13(18)7-9-15/h3-10,12,16,21H,11H2,1-2H3,(H,20,22)/t16-/m1/s1. The molecule has 1 heterocycles. The maximum atomic E-state index is 12.5. The Morgan fingerprint density at radius 3 is 2.40 bits per heavy atom. The summed E-state index contributed by atoms with van der Waals surface area (Å²) in [5, 5.41) is 2.73. The molecule has 0 aliphatic rings. The van der Waals surface area contributed by atoms with Crippen LogP contribution >= 0.6 is 15.9 Å². The molecule has 0 spiro atoms. The highest BCUT2D eigenvalue weighted by molar-refractivity contribution is 9.10. The first-order valence-corrected chi connectivity index (χ1v) is 10.0. The summed E-state index contributed by atoms with van der Waals surface area (Å²) >= 11 is 3.27. The smallest absolute Gasteiger partial charge is 0.241 e. The van der Waals surface area contributed by atoms with E-state index >= 15 is 0 Å². The van der Waals surface area contributed by atoms with Crippen molar-refractivity contribution < 1.29 is 13.2 Å². The predicted octanol–water partition coefficient (Wildman–Crippen LogP) is 2.46. The van der Waals surface area contributed by atoms with E-state index in [9.17, 15) is 13.2 Å². The third-order valence-corrected chi connectivity index (χ3v) is 5.51. The van der Waals surface area contributed by atoms with Crippen LogP contribution in [0.2, 0.25) is 0 Å². The monoisotopic (exact) mass is 425 g/mol. The van der Waals surface area contributed by atoms with E-state index in [1.54, 1.807) is 44.3 Å². The maximum absolute atomic E-state index is 12.5. The van der Waals surface area contributed by atoms with Crippen LogP contribution in [0.5, 0.6) is 0 Å². The van der Waals surface area contributed by atoms with Crippen molar-refractivity contribution in [2.45, 2.75) is 31.3 Å². The van der Waals surface area contributed by atoms with Gasteiger partial charge in [0.1, 0.15) is 6.04 Å². The van der Waals surface area contributed by atoms with E-state index in [2.05, 4.69) is 31.0 Å². The number of hydrogen-bond acceptors (Lipinski definition) is 4. The van der Waals surface area contributed by atoms with Crippen LogP contribution in [0.15, 0.2) is 58.0 Å². The van der Waals surface area contributed by atoms with Crippen molar-refractivity contribution in [2.24, 2.45) is 5.92 Å². The van der Waals surface area contributed by atoms with E-state index in [-0.39, 0.29) is 23.3 Å². The molecule has 0 bridgehead atoms. The minimum Gasteiger partial charge on any atom is -0.349 e. The lowest BCUT2D eigenvalue weighted by molar-refractivity contribution is -0.123. The normalized spacial score (nSPS) is 12.8. The number of nitrogens with one attached hydrogen (secondary N) is 2. The average Bonchev–Trinajstić information content (AvgIpc) is 2.58. The van der Waals surface area contributed by atoms with Gasteiger partial charge in [-0.1, -0.05) is 35.8 Å². The van der Waals surface area contributed by atoms with Gasteiger partial charge in [0.2, 0.25) is 15.9 Å². The number of aromatic nitrogens is 1. The molecule has 25 heavy (non-hydrogen) atoms. The third-order valence-electron chi connectivity index (χ3n) is 3.53. The second-order valence-corrected chi connectivity index (χ2v) is 8.47. The highest BCUT2D eigenvalue weighted by Gasteiger charge is 2.28. The molecule has 1 amide bonds. The number of benzene rings is 1. The summed E-state index contributed by atoms with van der Waals surface area (Å²) in [4.78, 5) is 16.7. The minimum absolute atomic E-state index is 0.110. The van der Waals surface area contributed by atoms with E-state index in [1.807, 2.05) is 6.07 Å². The van der Waals surface area contributed by atoms with Crippen molar-refractivity contribution in [1.29, 1.82) is 0 Å². The quantitative estimate of drug-likeness (QED) is 0.712. The molecule has 0 fully saturated rings. The van der Waals surface area contributed by atoms with Gasteiger partial charge in [0, 0.05) is 10.7 Å². The Hall–Kier alpha value is -1.77. The first-order valence-electron chi connectivity index (χ1n) is 7.75. The van der Waals surface area contributed by atoms with Crippen LogP contribution in [0.4, 0.5) is 0 Å². The van der Waals surface area contributed by atoms with Crippen LogP contribution in [0.1, 0.15) is 19.5 Å². The highest BCUT2D eigenvalue weighted by atomic mass is 79.9. The number of hydrogen-bond donors (Lipinski definition) is 2. The number of amides is 1. The molecular weight excluding hydrogens is 406 g/mol. The Balaban J connectivity index is 2.09. The number of halogens is 1. The summed E-state index contributed by atoms with van der Waals surface area (Å²) in [6, 6.07) is 10.8. The van der Waals surface area contributed by atoms with Crippen molar-refractivity contribution >= 4 is 31.9 Å². The van der Waals surface area contributed by atoms with Gasteiger partial charge in [0.25, 0.3) is 0 Å². The van der Waals surface area contributed by atoms with Crippen molar-refractivity contribution in [3.63, 3.8) is 0 Å². The molecule has 134 valence electrons. The Bertz CT molecular complexity index is 809. The number of pyridine rings is 1. The van der Waals surface area contributed by atoms with E-state index in [0.717, 1.165) is 4.47 Å². The summed E-state index contributed by atoms with van der Waals surface area (Å²) in [7, 11) is -3.80. The van der Waals surface area contributed by atoms with Crippen molar-refractivity contribution in [1.82, 2.24) is 15.0 Å². The van der Waals surface area contributed by atoms with E-state index in [1.165, 1.54) is 12.1 Å². The van der Waals surface area contributed by atoms with Gasteiger partial charge in [-0.3, -0.25) is 9.78 Å². The largest absolute Gasteiger partial charge is 0.349 e. The molecular formula is C17H20BrN3O3S. The van der Waals surface area contributed by atoms with Crippen molar-refractivity contribution in [2.75, 3.05) is 0 Å². The minimum atomic E-state index is -3.80. The van der Waals surface area contributed by atoms with Crippen molar-refractivity contribution in [3.05, 3.63) is 58.8 Å². The van der Waals surface area contributed by atoms with Crippen LogP contribution in [0, 0.1) is 5.92 Å². The van der Waals surface area contributed by atoms with Crippen LogP contribution in [-0.2, 0) is 21.4 Å². The first kappa shape index (κ1) is 19.6. The van der Waals surface area contributed by atoms with Crippen LogP contribution in [-0.4, -0.2) is 25.4 Å². The zero-order valence-corrected chi connectivity index (χ0v) is 16.3. The van der Waals surface area contributed by atoms with Gasteiger partial charge in [-0.25, -0.2) is 8.42 Å². The van der Waals surface area contributed by atoms with Gasteiger partial charge in [0.05, 0.1) is 17.1 Å². The molecule has 1 atom stereocenters. The van der Waals surface area contributed by atoms with Gasteiger partial charge in [-0.15, -0.1) is 0 Å². The first-order chi connectivity index (χ1) is 11.8. The van der Waals surface area contributed by atoms with Crippen LogP contribution in [0.25, 0.3) is 0 Å². The van der Waals surface area contributed by atoms with E-state index < -0.39 is 16.1 Å². The summed E-state index contributed by atoms with van der Waals surface area (Å²) in [6.07, 6.45) is 1.64. The lowest BCUT2D eigenvalue weighted by Crippen LogP contribution is -2.49. The fraction of sp³-hybridized carbons (Fsp3) is 0.294. The van der Waals surface area contributed by atoms with Crippen LogP contribution < -0.4 is 10.0 Å². The fourth-order valence-corrected chi connectivity index (χ4v) is 3.74. The van der Waals surface area contributed by atoms with Gasteiger partial charge < -0.3 is 5.32 Å². The lowest BCUT2D eigenvalue weighted by Gasteiger charge is -2.21. The molecule has 0 saturated carbocycles. The SMILES string of the molecule is CC(C)[C@@H](NS(=O)(=O)c1ccc(Br)cc1)C(=O)NCc1ccccn1. The molecule has 8 heteroatoms. The zero-order valence-electron chi connectivity index (χ0n) is 13.9. The molecule has 0 radical (unpaired) electrons. The zero-order chi connectivity index (χ0) is 18.4. The van der Waals surface area contributed by atoms with Crippen molar-refractivity contribution in [3.8, 4) is 0 Å². The van der Waals surface area contributed by atoms with Gasteiger partial charge in [0.15, 0.2) is 0 Å². The number of nitrogens with zero attached hydrogens (tertiary/aromatic N) is 1. The molecule has 0 saturated heterocycles. The second-order valence-electron chi connectivity index (χ2n) is 5.84. The van der Waals surface area contributed by atoms with Gasteiger partial charge >= 0.3 is 0 Å². The number of carbonyl (C=O) groups excluding carboxylic acids is 1. The molecule has 0 aliphatic carbocycles. The third kappa shape index (κ3) is 5.62. The summed E-state index contributed by atoms with van der Waals surface area (Å²) in [6.45, 7) is 3.81. The predicted molar refractivity (Wildman–Crippen MR) is 99.2 cm³/mol. The molecule has 2 N–H and O–H groups in total. The maximum Gasteiger partial charge on any atom is 0.241 e. The average molecular weight is 426 g/mol. The Morgan fingerprint density at radius 1 is 1.16 bits per heavy atom. The summed E-state index contributed by atoms with van der Waals surface area (Å²) in [5.41, 5.74) is 0.703. The molecule has 2 aromatic rings. The van der Waals surface area contributed by atoms with E-state index in [4.69, 9.17) is 0 Å². The van der Waals surface area contributed by atoms with Gasteiger partial charge in [-0.2, -0.15) is 4.72 Å². The Morgan fingerprint density at radius 2 is 1.84 bits per heavy atom. The lowest BCUT2D eigenvalue weighted by atomic mass is 10.1. The summed E-state index contributed by atoms with van der Waals surface area (Å²) in [5.74, 6) is -0.602. The fourth-order valence-electron chi connectivity index (χ4n) is 2.13. The Kier molecular flexibility index (Phi) is 6.69. The molecule has 2 rings (SSSR count). The molecule has 6 nitrogen and oxygen atoms in total. The van der Waals surface area contributed by atoms with Crippen LogP contribution in [0.3, 0.4) is 0 Å². The number of sulfonamides is 1. The Labute approximate surface area is 156 Å². The summed E-state index contributed by atoms with van der Waals surface area (Å²) < 4.78 is 28.3. The molecule has 0 aliphatic heterocycles. The topological polar surface area (TPSA) is 88.2 Å². The molecule has 0 unspecified atom stereocenters. The molecule has 1 aromatic heterocycles. The number of rotatable bonds is 7. The van der Waals surface area contributed by atoms with Gasteiger partial charge in [-0.05, 0) is 42.3 Å². The number of carbonyl (C=O) groups is 1. The highest BCUT2D eigenvalue weighted by Crippen LogP contribution is 2.16.